The van der Waals surface area contributed by atoms with Gasteiger partial charge in [0.2, 0.25) is 0 Å². The van der Waals surface area contributed by atoms with Gasteiger partial charge in [0.15, 0.2) is 0 Å². The lowest BCUT2D eigenvalue weighted by atomic mass is 10.1. The largest absolute Gasteiger partial charge is 0.443 e. The van der Waals surface area contributed by atoms with Gasteiger partial charge in [0.25, 0.3) is 5.91 Å². The fourth-order valence-electron chi connectivity index (χ4n) is 1.76. The van der Waals surface area contributed by atoms with Gasteiger partial charge in [-0.15, -0.1) is 4.90 Å². The van der Waals surface area contributed by atoms with E-state index in [1.807, 2.05) is 0 Å². The summed E-state index contributed by atoms with van der Waals surface area (Å²) >= 11 is 0. The van der Waals surface area contributed by atoms with Crippen molar-refractivity contribution < 1.29 is 23.9 Å². The van der Waals surface area contributed by atoms with Crippen molar-refractivity contribution in [2.24, 2.45) is 5.73 Å². The number of H-pyrrole nitrogens is 1. The van der Waals surface area contributed by atoms with E-state index in [-0.39, 0.29) is 6.42 Å². The van der Waals surface area contributed by atoms with Crippen LogP contribution in [-0.2, 0) is 20.7 Å². The zero-order chi connectivity index (χ0) is 19.4. The molecule has 25 heavy (non-hydrogen) atoms. The Morgan fingerprint density at radius 2 is 1.60 bits per heavy atom. The van der Waals surface area contributed by atoms with Crippen LogP contribution in [0.1, 0.15) is 47.2 Å². The molecule has 0 aromatic carbocycles. The number of imide groups is 3. The molecule has 1 heterocycles. The van der Waals surface area contributed by atoms with Gasteiger partial charge in [-0.25, -0.2) is 14.6 Å². The second-order valence-corrected chi connectivity index (χ2v) is 7.52. The Bertz CT molecular complexity index is 585. The molecule has 0 spiro atoms. The van der Waals surface area contributed by atoms with Crippen molar-refractivity contribution in [2.45, 2.75) is 65.2 Å². The van der Waals surface area contributed by atoms with Crippen molar-refractivity contribution in [3.05, 3.63) is 18.2 Å². The molecule has 9 nitrogen and oxygen atoms in total. The number of carbonyl (C=O) groups excluding carboxylic acids is 3. The third kappa shape index (κ3) is 6.92. The average Bonchev–Trinajstić information content (AvgIpc) is 2.86. The lowest BCUT2D eigenvalue weighted by molar-refractivity contribution is -0.130. The van der Waals surface area contributed by atoms with Crippen LogP contribution in [0.2, 0.25) is 0 Å². The summed E-state index contributed by atoms with van der Waals surface area (Å²) in [6.45, 7) is 9.71. The van der Waals surface area contributed by atoms with E-state index in [1.165, 1.54) is 12.5 Å². The number of aromatic amines is 1. The van der Waals surface area contributed by atoms with Crippen LogP contribution in [0.3, 0.4) is 0 Å². The molecule has 140 valence electrons. The van der Waals surface area contributed by atoms with Crippen LogP contribution in [0.15, 0.2) is 12.5 Å². The zero-order valence-electron chi connectivity index (χ0n) is 15.5. The second kappa shape index (κ2) is 7.64. The molecule has 1 aromatic rings. The number of hydrogen-bond donors (Lipinski definition) is 2. The van der Waals surface area contributed by atoms with E-state index >= 15 is 0 Å². The fraction of sp³-hybridized carbons (Fsp3) is 0.625. The standard InChI is InChI=1S/C16H26N4O5/c1-15(2,3)24-13(22)20(14(23)25-16(4,5)6)12(21)11(17)7-10-8-18-9-19-10/h8-9,11H,7,17H2,1-6H3,(H,18,19)/t11-/m0/s1. The lowest BCUT2D eigenvalue weighted by Crippen LogP contribution is -2.53. The number of carbonyl (C=O) groups is 3. The highest BCUT2D eigenvalue weighted by Crippen LogP contribution is 2.16. The van der Waals surface area contributed by atoms with Crippen molar-refractivity contribution in [1.29, 1.82) is 0 Å². The smallest absolute Gasteiger partial charge is 0.426 e. The van der Waals surface area contributed by atoms with Gasteiger partial charge in [0, 0.05) is 18.3 Å². The fourth-order valence-corrected chi connectivity index (χ4v) is 1.76. The first-order valence-corrected chi connectivity index (χ1v) is 7.83. The number of amides is 3. The number of nitrogens with one attached hydrogen (secondary N) is 1. The summed E-state index contributed by atoms with van der Waals surface area (Å²) in [4.78, 5) is 44.2. The van der Waals surface area contributed by atoms with Crippen LogP contribution >= 0.6 is 0 Å². The molecule has 0 bridgehead atoms. The third-order valence-electron chi connectivity index (χ3n) is 2.68. The summed E-state index contributed by atoms with van der Waals surface area (Å²) in [5.41, 5.74) is 4.65. The summed E-state index contributed by atoms with van der Waals surface area (Å²) < 4.78 is 10.3. The summed E-state index contributed by atoms with van der Waals surface area (Å²) in [6, 6.07) is -1.15. The first-order chi connectivity index (χ1) is 11.3. The van der Waals surface area contributed by atoms with Crippen LogP contribution in [0.4, 0.5) is 9.59 Å². The number of aromatic nitrogens is 2. The molecule has 0 saturated heterocycles. The molecule has 9 heteroatoms. The van der Waals surface area contributed by atoms with Crippen LogP contribution in [-0.4, -0.2) is 50.2 Å². The van der Waals surface area contributed by atoms with Gasteiger partial charge < -0.3 is 20.2 Å². The first-order valence-electron chi connectivity index (χ1n) is 7.83. The Kier molecular flexibility index (Phi) is 6.31. The minimum atomic E-state index is -1.15. The molecule has 0 aliphatic rings. The summed E-state index contributed by atoms with van der Waals surface area (Å²) in [5.74, 6) is -0.918. The van der Waals surface area contributed by atoms with Crippen molar-refractivity contribution in [1.82, 2.24) is 14.9 Å². The molecule has 1 atom stereocenters. The Morgan fingerprint density at radius 1 is 1.12 bits per heavy atom. The van der Waals surface area contributed by atoms with Gasteiger partial charge in [0.1, 0.15) is 11.2 Å². The number of nitrogens with two attached hydrogens (primary N) is 1. The molecule has 3 N–H and O–H groups in total. The highest BCUT2D eigenvalue weighted by atomic mass is 16.6. The molecular weight excluding hydrogens is 328 g/mol. The van der Waals surface area contributed by atoms with Crippen LogP contribution in [0, 0.1) is 0 Å². The molecule has 0 unspecified atom stereocenters. The van der Waals surface area contributed by atoms with Gasteiger partial charge in [-0.05, 0) is 41.5 Å². The van der Waals surface area contributed by atoms with Gasteiger partial charge in [-0.1, -0.05) is 0 Å². The summed E-state index contributed by atoms with van der Waals surface area (Å²) in [6.07, 6.45) is 0.740. The van der Waals surface area contributed by atoms with Crippen molar-refractivity contribution >= 4 is 18.1 Å². The monoisotopic (exact) mass is 354 g/mol. The predicted molar refractivity (Wildman–Crippen MR) is 89.6 cm³/mol. The van der Waals surface area contributed by atoms with E-state index in [4.69, 9.17) is 15.2 Å². The van der Waals surface area contributed by atoms with E-state index in [2.05, 4.69) is 9.97 Å². The zero-order valence-corrected chi connectivity index (χ0v) is 15.5. The van der Waals surface area contributed by atoms with E-state index in [0.29, 0.717) is 10.6 Å². The highest BCUT2D eigenvalue weighted by Gasteiger charge is 2.38. The van der Waals surface area contributed by atoms with Gasteiger partial charge in [-0.2, -0.15) is 0 Å². The van der Waals surface area contributed by atoms with Gasteiger partial charge in [-0.3, -0.25) is 4.79 Å². The Balaban J connectivity index is 3.01. The number of rotatable bonds is 3. The molecule has 0 fully saturated rings. The molecule has 1 rings (SSSR count). The second-order valence-electron chi connectivity index (χ2n) is 7.52. The number of ether oxygens (including phenoxy) is 2. The van der Waals surface area contributed by atoms with Crippen molar-refractivity contribution in [3.63, 3.8) is 0 Å². The number of nitrogens with zero attached hydrogens (tertiary/aromatic N) is 2. The maximum Gasteiger partial charge on any atom is 0.426 e. The third-order valence-corrected chi connectivity index (χ3v) is 2.68. The topological polar surface area (TPSA) is 128 Å². The molecular formula is C16H26N4O5. The van der Waals surface area contributed by atoms with E-state index < -0.39 is 35.3 Å². The molecule has 0 saturated carbocycles. The van der Waals surface area contributed by atoms with E-state index in [9.17, 15) is 14.4 Å². The SMILES string of the molecule is CC(C)(C)OC(=O)N(C(=O)OC(C)(C)C)C(=O)[C@@H](N)Cc1cnc[nH]1. The van der Waals surface area contributed by atoms with Crippen LogP contribution < -0.4 is 5.73 Å². The minimum Gasteiger partial charge on any atom is -0.443 e. The summed E-state index contributed by atoms with van der Waals surface area (Å²) in [5, 5.41) is 0. The van der Waals surface area contributed by atoms with Crippen LogP contribution in [0.5, 0.6) is 0 Å². The predicted octanol–water partition coefficient (Wildman–Crippen LogP) is 1.98. The molecule has 3 amide bonds. The minimum absolute atomic E-state index is 0.0704. The highest BCUT2D eigenvalue weighted by molar-refractivity contribution is 6.08. The quantitative estimate of drug-likeness (QED) is 0.849. The van der Waals surface area contributed by atoms with Gasteiger partial charge in [0.05, 0.1) is 12.4 Å². The lowest BCUT2D eigenvalue weighted by Gasteiger charge is -2.28. The normalized spacial score (nSPS) is 13.1. The van der Waals surface area contributed by atoms with E-state index in [0.717, 1.165) is 0 Å². The molecule has 0 aliphatic heterocycles. The average molecular weight is 354 g/mol. The molecule has 0 aliphatic carbocycles. The summed E-state index contributed by atoms with van der Waals surface area (Å²) in [7, 11) is 0. The molecule has 1 aromatic heterocycles. The number of imidazole rings is 1. The van der Waals surface area contributed by atoms with Crippen molar-refractivity contribution in [2.75, 3.05) is 0 Å². The number of hydrogen-bond acceptors (Lipinski definition) is 7. The maximum atomic E-state index is 12.6. The Morgan fingerprint density at radius 3 is 1.96 bits per heavy atom. The Labute approximate surface area is 146 Å². The van der Waals surface area contributed by atoms with Crippen LogP contribution in [0.25, 0.3) is 0 Å². The van der Waals surface area contributed by atoms with E-state index in [1.54, 1.807) is 41.5 Å². The molecule has 0 radical (unpaired) electrons. The maximum absolute atomic E-state index is 12.6. The Hall–Kier alpha value is -2.42. The van der Waals surface area contributed by atoms with Crippen molar-refractivity contribution in [3.8, 4) is 0 Å². The first kappa shape index (κ1) is 20.6. The van der Waals surface area contributed by atoms with Gasteiger partial charge >= 0.3 is 12.2 Å².